The highest BCUT2D eigenvalue weighted by molar-refractivity contribution is 5.27. The molecule has 1 atom stereocenters. The fourth-order valence-corrected chi connectivity index (χ4v) is 1.71. The number of aliphatic hydroxyl groups excluding tert-OH is 1. The largest absolute Gasteiger partial charge is 0.573 e. The monoisotopic (exact) mass is 291 g/mol. The van der Waals surface area contributed by atoms with Crippen molar-refractivity contribution in [1.29, 1.82) is 0 Å². The highest BCUT2D eigenvalue weighted by Crippen LogP contribution is 2.22. The van der Waals surface area contributed by atoms with Crippen LogP contribution in [0.15, 0.2) is 24.3 Å². The summed E-state index contributed by atoms with van der Waals surface area (Å²) >= 11 is 0. The van der Waals surface area contributed by atoms with Gasteiger partial charge in [-0.3, -0.25) is 0 Å². The zero-order valence-electron chi connectivity index (χ0n) is 11.4. The van der Waals surface area contributed by atoms with Crippen LogP contribution in [0.3, 0.4) is 0 Å². The van der Waals surface area contributed by atoms with Crippen LogP contribution in [0.5, 0.6) is 5.75 Å². The van der Waals surface area contributed by atoms with Crippen molar-refractivity contribution in [3.05, 3.63) is 29.8 Å². The quantitative estimate of drug-likeness (QED) is 0.723. The summed E-state index contributed by atoms with van der Waals surface area (Å²) in [6, 6.07) is 5.81. The van der Waals surface area contributed by atoms with Crippen molar-refractivity contribution >= 4 is 0 Å². The van der Waals surface area contributed by atoms with Crippen LogP contribution in [-0.4, -0.2) is 24.6 Å². The van der Waals surface area contributed by atoms with Crippen molar-refractivity contribution in [3.63, 3.8) is 0 Å². The van der Waals surface area contributed by atoms with Gasteiger partial charge in [0.05, 0.1) is 0 Å². The van der Waals surface area contributed by atoms with Gasteiger partial charge in [-0.1, -0.05) is 19.1 Å². The molecule has 0 aliphatic heterocycles. The molecule has 0 heterocycles. The van der Waals surface area contributed by atoms with Crippen molar-refractivity contribution in [3.8, 4) is 5.75 Å². The van der Waals surface area contributed by atoms with E-state index in [0.717, 1.165) is 24.9 Å². The zero-order valence-corrected chi connectivity index (χ0v) is 11.4. The maximum atomic E-state index is 12.0. The lowest BCUT2D eigenvalue weighted by Gasteiger charge is -2.10. The number of ether oxygens (including phenoxy) is 1. The van der Waals surface area contributed by atoms with Crippen LogP contribution in [0.25, 0.3) is 0 Å². The third kappa shape index (κ3) is 7.35. The summed E-state index contributed by atoms with van der Waals surface area (Å²) in [5.41, 5.74) is 0.898. The fraction of sp³-hybridized carbons (Fsp3) is 0.571. The van der Waals surface area contributed by atoms with E-state index >= 15 is 0 Å². The number of aliphatic hydroxyl groups is 1. The Labute approximate surface area is 116 Å². The summed E-state index contributed by atoms with van der Waals surface area (Å²) < 4.78 is 39.7. The van der Waals surface area contributed by atoms with Gasteiger partial charge in [0, 0.05) is 13.2 Å². The van der Waals surface area contributed by atoms with E-state index in [2.05, 4.69) is 10.1 Å². The van der Waals surface area contributed by atoms with Crippen molar-refractivity contribution in [1.82, 2.24) is 5.32 Å². The molecule has 6 heteroatoms. The number of hydrogen-bond donors (Lipinski definition) is 2. The Morgan fingerprint density at radius 3 is 2.45 bits per heavy atom. The number of hydrogen-bond acceptors (Lipinski definition) is 3. The molecule has 2 N–H and O–H groups in total. The van der Waals surface area contributed by atoms with Crippen molar-refractivity contribution in [2.45, 2.75) is 32.7 Å². The van der Waals surface area contributed by atoms with E-state index in [9.17, 15) is 13.2 Å². The third-order valence-electron chi connectivity index (χ3n) is 2.85. The van der Waals surface area contributed by atoms with E-state index in [1.807, 2.05) is 6.92 Å². The zero-order chi connectivity index (χ0) is 15.0. The molecule has 114 valence electrons. The molecule has 1 rings (SSSR count). The molecule has 0 bridgehead atoms. The number of benzene rings is 1. The molecule has 1 aromatic rings. The van der Waals surface area contributed by atoms with Crippen LogP contribution >= 0.6 is 0 Å². The summed E-state index contributed by atoms with van der Waals surface area (Å²) in [4.78, 5) is 0. The van der Waals surface area contributed by atoms with Crippen LogP contribution in [0.2, 0.25) is 0 Å². The Kier molecular flexibility index (Phi) is 6.81. The fourth-order valence-electron chi connectivity index (χ4n) is 1.71. The first-order chi connectivity index (χ1) is 9.40. The first kappa shape index (κ1) is 16.8. The molecule has 1 aromatic carbocycles. The Morgan fingerprint density at radius 2 is 1.90 bits per heavy atom. The smallest absolute Gasteiger partial charge is 0.406 e. The van der Waals surface area contributed by atoms with Gasteiger partial charge in [-0.05, 0) is 43.0 Å². The normalized spacial score (nSPS) is 13.2. The molecule has 0 fully saturated rings. The molecule has 0 spiro atoms. The van der Waals surface area contributed by atoms with Gasteiger partial charge in [-0.15, -0.1) is 13.2 Å². The van der Waals surface area contributed by atoms with Crippen molar-refractivity contribution in [2.24, 2.45) is 5.92 Å². The number of halogens is 3. The van der Waals surface area contributed by atoms with Crippen LogP contribution in [0.1, 0.15) is 25.3 Å². The van der Waals surface area contributed by atoms with Crippen molar-refractivity contribution in [2.75, 3.05) is 13.2 Å². The Bertz CT molecular complexity index is 379. The molecule has 0 aromatic heterocycles. The second-order valence-electron chi connectivity index (χ2n) is 4.80. The molecular weight excluding hydrogens is 271 g/mol. The van der Waals surface area contributed by atoms with Crippen LogP contribution in [0, 0.1) is 5.92 Å². The van der Waals surface area contributed by atoms with Crippen LogP contribution in [-0.2, 0) is 6.54 Å². The highest BCUT2D eigenvalue weighted by Gasteiger charge is 2.30. The van der Waals surface area contributed by atoms with Gasteiger partial charge in [-0.2, -0.15) is 0 Å². The van der Waals surface area contributed by atoms with E-state index in [-0.39, 0.29) is 12.4 Å². The first-order valence-corrected chi connectivity index (χ1v) is 6.57. The lowest BCUT2D eigenvalue weighted by atomic mass is 10.1. The predicted molar refractivity (Wildman–Crippen MR) is 70.3 cm³/mol. The SMILES string of the molecule is CC(CO)CCCNCc1ccc(OC(F)(F)F)cc1. The van der Waals surface area contributed by atoms with E-state index in [4.69, 9.17) is 5.11 Å². The molecule has 1 unspecified atom stereocenters. The van der Waals surface area contributed by atoms with Gasteiger partial charge < -0.3 is 15.2 Å². The average molecular weight is 291 g/mol. The molecule has 20 heavy (non-hydrogen) atoms. The van der Waals surface area contributed by atoms with Gasteiger partial charge in [-0.25, -0.2) is 0 Å². The van der Waals surface area contributed by atoms with E-state index < -0.39 is 6.36 Å². The van der Waals surface area contributed by atoms with Gasteiger partial charge in [0.2, 0.25) is 0 Å². The minimum atomic E-state index is -4.65. The number of nitrogens with one attached hydrogen (secondary N) is 1. The predicted octanol–water partition coefficient (Wildman–Crippen LogP) is 3.08. The maximum Gasteiger partial charge on any atom is 0.573 e. The van der Waals surface area contributed by atoms with Crippen LogP contribution < -0.4 is 10.1 Å². The Hall–Kier alpha value is -1.27. The summed E-state index contributed by atoms with van der Waals surface area (Å²) in [5.74, 6) is 0.0913. The molecule has 0 aliphatic carbocycles. The number of rotatable bonds is 8. The van der Waals surface area contributed by atoms with Gasteiger partial charge in [0.15, 0.2) is 0 Å². The van der Waals surface area contributed by atoms with Gasteiger partial charge in [0.1, 0.15) is 5.75 Å². The van der Waals surface area contributed by atoms with Gasteiger partial charge in [0.25, 0.3) is 0 Å². The summed E-state index contributed by atoms with van der Waals surface area (Å²) in [6.07, 6.45) is -2.75. The second-order valence-corrected chi connectivity index (χ2v) is 4.80. The third-order valence-corrected chi connectivity index (χ3v) is 2.85. The molecule has 0 saturated carbocycles. The highest BCUT2D eigenvalue weighted by atomic mass is 19.4. The standard InChI is InChI=1S/C14H20F3NO2/c1-11(10-19)3-2-8-18-9-12-4-6-13(7-5-12)20-14(15,16)17/h4-7,11,18-19H,2-3,8-10H2,1H3. The first-order valence-electron chi connectivity index (χ1n) is 6.57. The molecule has 0 aliphatic rings. The Morgan fingerprint density at radius 1 is 1.25 bits per heavy atom. The summed E-state index contributed by atoms with van der Waals surface area (Å²) in [5, 5.41) is 12.1. The maximum absolute atomic E-state index is 12.0. The molecule has 0 amide bonds. The minimum absolute atomic E-state index is 0.195. The average Bonchev–Trinajstić information content (AvgIpc) is 2.38. The van der Waals surface area contributed by atoms with Gasteiger partial charge >= 0.3 is 6.36 Å². The topological polar surface area (TPSA) is 41.5 Å². The van der Waals surface area contributed by atoms with Crippen LogP contribution in [0.4, 0.5) is 13.2 Å². The Balaban J connectivity index is 2.25. The van der Waals surface area contributed by atoms with E-state index in [1.54, 1.807) is 12.1 Å². The molecular formula is C14H20F3NO2. The lowest BCUT2D eigenvalue weighted by molar-refractivity contribution is -0.274. The summed E-state index contributed by atoms with van der Waals surface area (Å²) in [7, 11) is 0. The second kappa shape index (κ2) is 8.11. The lowest BCUT2D eigenvalue weighted by Crippen LogP contribution is -2.17. The van der Waals surface area contributed by atoms with Crippen molar-refractivity contribution < 1.29 is 23.0 Å². The minimum Gasteiger partial charge on any atom is -0.406 e. The molecule has 3 nitrogen and oxygen atoms in total. The molecule has 0 saturated heterocycles. The number of alkyl halides is 3. The van der Waals surface area contributed by atoms with E-state index in [1.165, 1.54) is 12.1 Å². The molecule has 0 radical (unpaired) electrons. The van der Waals surface area contributed by atoms with E-state index in [0.29, 0.717) is 12.5 Å². The summed E-state index contributed by atoms with van der Waals surface area (Å²) in [6.45, 7) is 3.59.